The van der Waals surface area contributed by atoms with Gasteiger partial charge in [-0.25, -0.2) is 0 Å². The number of para-hydroxylation sites is 2. The second-order valence-electron chi connectivity index (χ2n) is 8.91. The van der Waals surface area contributed by atoms with Gasteiger partial charge in [0.2, 0.25) is 16.6 Å². The summed E-state index contributed by atoms with van der Waals surface area (Å²) in [4.78, 5) is 0. The highest BCUT2D eigenvalue weighted by atomic mass is 28.4. The van der Waals surface area contributed by atoms with Crippen molar-refractivity contribution >= 4 is 27.0 Å². The Labute approximate surface area is 198 Å². The first-order valence-electron chi connectivity index (χ1n) is 11.2. The number of hydrogen-bond acceptors (Lipinski definition) is 3. The average Bonchev–Trinajstić information content (AvgIpc) is 2.83. The second-order valence-corrected chi connectivity index (χ2v) is 16.5. The summed E-state index contributed by atoms with van der Waals surface area (Å²) in [5.41, 5.74) is 1.81. The summed E-state index contributed by atoms with van der Waals surface area (Å²) in [7, 11) is -5.13. The molecule has 5 heteroatoms. The van der Waals surface area contributed by atoms with Gasteiger partial charge in [0.15, 0.2) is 0 Å². The van der Waals surface area contributed by atoms with Crippen molar-refractivity contribution in [3.8, 4) is 11.5 Å². The molecular formula is C28H30O3Si2. The zero-order valence-corrected chi connectivity index (χ0v) is 21.1. The molecule has 4 aromatic carbocycles. The standard InChI is InChI=1S/C28H30O3Si2/c1-32(25-15-5-3-6-16-25,21-23-13-9-11-19-27(23)29)31-33(2,26-17-7-4-8-18-26)22-24-14-10-12-20-28(24)30/h3-20,29-30H,21-22H2,1-2H3. The molecular weight excluding hydrogens is 440 g/mol. The van der Waals surface area contributed by atoms with Crippen molar-refractivity contribution in [3.63, 3.8) is 0 Å². The van der Waals surface area contributed by atoms with Crippen LogP contribution in [0.1, 0.15) is 11.1 Å². The number of benzene rings is 4. The van der Waals surface area contributed by atoms with Crippen molar-refractivity contribution in [2.75, 3.05) is 0 Å². The number of rotatable bonds is 8. The molecule has 2 N–H and O–H groups in total. The van der Waals surface area contributed by atoms with Gasteiger partial charge in [0.05, 0.1) is 0 Å². The molecule has 0 aromatic heterocycles. The fraction of sp³-hybridized carbons (Fsp3) is 0.143. The average molecular weight is 471 g/mol. The summed E-state index contributed by atoms with van der Waals surface area (Å²) in [6, 6.07) is 37.2. The molecule has 0 radical (unpaired) electrons. The van der Waals surface area contributed by atoms with Gasteiger partial charge in [-0.1, -0.05) is 97.1 Å². The first-order chi connectivity index (χ1) is 15.9. The van der Waals surface area contributed by atoms with Gasteiger partial charge in [-0.05, 0) is 58.8 Å². The van der Waals surface area contributed by atoms with E-state index in [0.717, 1.165) is 11.1 Å². The maximum absolute atomic E-state index is 10.6. The molecule has 0 heterocycles. The summed E-state index contributed by atoms with van der Waals surface area (Å²) in [5, 5.41) is 23.5. The molecule has 2 unspecified atom stereocenters. The fourth-order valence-electron chi connectivity index (χ4n) is 4.52. The van der Waals surface area contributed by atoms with E-state index in [-0.39, 0.29) is 0 Å². The van der Waals surface area contributed by atoms with E-state index in [4.69, 9.17) is 4.12 Å². The van der Waals surface area contributed by atoms with Gasteiger partial charge in [0.25, 0.3) is 0 Å². The maximum atomic E-state index is 10.6. The van der Waals surface area contributed by atoms with Gasteiger partial charge in [-0.15, -0.1) is 0 Å². The van der Waals surface area contributed by atoms with Gasteiger partial charge >= 0.3 is 0 Å². The molecule has 4 rings (SSSR count). The third kappa shape index (κ3) is 5.27. The first kappa shape index (κ1) is 23.0. The van der Waals surface area contributed by atoms with E-state index in [1.807, 2.05) is 48.5 Å². The molecule has 2 atom stereocenters. The van der Waals surface area contributed by atoms with Crippen molar-refractivity contribution in [2.45, 2.75) is 25.2 Å². The number of hydrogen-bond donors (Lipinski definition) is 2. The Hall–Kier alpha value is -3.13. The molecule has 33 heavy (non-hydrogen) atoms. The van der Waals surface area contributed by atoms with E-state index in [1.165, 1.54) is 10.4 Å². The number of aromatic hydroxyl groups is 2. The van der Waals surface area contributed by atoms with E-state index < -0.39 is 16.6 Å². The highest BCUT2D eigenvalue weighted by Gasteiger charge is 2.43. The van der Waals surface area contributed by atoms with Crippen LogP contribution in [0.4, 0.5) is 0 Å². The lowest BCUT2D eigenvalue weighted by molar-refractivity contribution is 0.466. The van der Waals surface area contributed by atoms with E-state index >= 15 is 0 Å². The quantitative estimate of drug-likeness (QED) is 0.359. The summed E-state index contributed by atoms with van der Waals surface area (Å²) in [6.45, 7) is 4.49. The van der Waals surface area contributed by atoms with E-state index in [0.29, 0.717) is 23.6 Å². The zero-order valence-electron chi connectivity index (χ0n) is 19.1. The van der Waals surface area contributed by atoms with Crippen molar-refractivity contribution in [1.82, 2.24) is 0 Å². The minimum atomic E-state index is -2.57. The predicted molar refractivity (Wildman–Crippen MR) is 140 cm³/mol. The van der Waals surface area contributed by atoms with Crippen LogP contribution in [-0.2, 0) is 16.2 Å². The topological polar surface area (TPSA) is 49.7 Å². The van der Waals surface area contributed by atoms with E-state index in [2.05, 4.69) is 61.6 Å². The molecule has 3 nitrogen and oxygen atoms in total. The van der Waals surface area contributed by atoms with E-state index in [9.17, 15) is 10.2 Å². The Bertz CT molecular complexity index is 1100. The predicted octanol–water partition coefficient (Wildman–Crippen LogP) is 4.94. The third-order valence-corrected chi connectivity index (χ3v) is 15.1. The molecule has 0 aliphatic rings. The normalized spacial score (nSPS) is 14.8. The van der Waals surface area contributed by atoms with Crippen molar-refractivity contribution in [3.05, 3.63) is 120 Å². The molecule has 0 aliphatic carbocycles. The lowest BCUT2D eigenvalue weighted by Crippen LogP contribution is -2.63. The van der Waals surface area contributed by atoms with Gasteiger partial charge in [0.1, 0.15) is 11.5 Å². The Balaban J connectivity index is 1.80. The van der Waals surface area contributed by atoms with Crippen LogP contribution >= 0.6 is 0 Å². The molecule has 0 aliphatic heterocycles. The summed E-state index contributed by atoms with van der Waals surface area (Å²) in [5.74, 6) is 0.610. The third-order valence-electron chi connectivity index (χ3n) is 6.26. The molecule has 0 saturated carbocycles. The monoisotopic (exact) mass is 470 g/mol. The minimum absolute atomic E-state index is 0.305. The summed E-state index contributed by atoms with van der Waals surface area (Å²) < 4.78 is 7.37. The highest BCUT2D eigenvalue weighted by molar-refractivity contribution is 6.97. The first-order valence-corrected chi connectivity index (χ1v) is 16.5. The minimum Gasteiger partial charge on any atom is -0.508 e. The van der Waals surface area contributed by atoms with Crippen LogP contribution in [0, 0.1) is 0 Å². The van der Waals surface area contributed by atoms with Crippen LogP contribution in [-0.4, -0.2) is 26.8 Å². The Morgan fingerprint density at radius 3 is 1.21 bits per heavy atom. The van der Waals surface area contributed by atoms with Gasteiger partial charge < -0.3 is 14.3 Å². The van der Waals surface area contributed by atoms with Crippen LogP contribution in [0.25, 0.3) is 0 Å². The molecule has 0 bridgehead atoms. The van der Waals surface area contributed by atoms with Crippen LogP contribution in [0.2, 0.25) is 13.1 Å². The zero-order chi connectivity index (χ0) is 23.3. The Kier molecular flexibility index (Phi) is 6.84. The van der Waals surface area contributed by atoms with Crippen LogP contribution in [0.15, 0.2) is 109 Å². The van der Waals surface area contributed by atoms with Crippen LogP contribution < -0.4 is 10.4 Å². The molecule has 0 saturated heterocycles. The fourth-order valence-corrected chi connectivity index (χ4v) is 14.3. The summed E-state index contributed by atoms with van der Waals surface area (Å²) in [6.07, 6.45) is 0. The van der Waals surface area contributed by atoms with Gasteiger partial charge in [-0.2, -0.15) is 0 Å². The molecule has 4 aromatic rings. The SMILES string of the molecule is C[Si](Cc1ccccc1O)(O[Si](C)(Cc1ccccc1O)c1ccccc1)c1ccccc1. The molecule has 168 valence electrons. The number of phenolic OH excluding ortho intramolecular Hbond substituents is 2. The van der Waals surface area contributed by atoms with Crippen molar-refractivity contribution in [2.24, 2.45) is 0 Å². The number of phenols is 2. The smallest absolute Gasteiger partial charge is 0.213 e. The summed E-state index contributed by atoms with van der Waals surface area (Å²) >= 11 is 0. The molecule has 0 spiro atoms. The Morgan fingerprint density at radius 1 is 0.515 bits per heavy atom. The lowest BCUT2D eigenvalue weighted by Gasteiger charge is -2.39. The highest BCUT2D eigenvalue weighted by Crippen LogP contribution is 2.28. The lowest BCUT2D eigenvalue weighted by atomic mass is 10.2. The van der Waals surface area contributed by atoms with Gasteiger partial charge in [-0.3, -0.25) is 0 Å². The van der Waals surface area contributed by atoms with Crippen LogP contribution in [0.3, 0.4) is 0 Å². The van der Waals surface area contributed by atoms with Gasteiger partial charge in [0, 0.05) is 0 Å². The van der Waals surface area contributed by atoms with Crippen LogP contribution in [0.5, 0.6) is 11.5 Å². The second kappa shape index (κ2) is 9.79. The Morgan fingerprint density at radius 2 is 0.848 bits per heavy atom. The maximum Gasteiger partial charge on any atom is 0.213 e. The molecule has 0 fully saturated rings. The van der Waals surface area contributed by atoms with Crippen molar-refractivity contribution in [1.29, 1.82) is 0 Å². The largest absolute Gasteiger partial charge is 0.508 e. The van der Waals surface area contributed by atoms with E-state index in [1.54, 1.807) is 12.1 Å². The van der Waals surface area contributed by atoms with Crippen molar-refractivity contribution < 1.29 is 14.3 Å². The molecule has 0 amide bonds.